The third-order valence-corrected chi connectivity index (χ3v) is 12.5. The second-order valence-electron chi connectivity index (χ2n) is 16.3. The lowest BCUT2D eigenvalue weighted by Gasteiger charge is -2.32. The van der Waals surface area contributed by atoms with Gasteiger partial charge >= 0.3 is 0 Å². The summed E-state index contributed by atoms with van der Waals surface area (Å²) < 4.78 is 40.6. The molecule has 10 nitrogen and oxygen atoms in total. The fraction of sp³-hybridized carbons (Fsp3) is 0.308. The number of likely N-dealkylation sites (tertiary alicyclic amines) is 2. The van der Waals surface area contributed by atoms with E-state index in [1.54, 1.807) is 36.4 Å². The summed E-state index contributed by atoms with van der Waals surface area (Å²) in [4.78, 5) is 38.5. The molecule has 0 saturated carbocycles. The molecule has 2 unspecified atom stereocenters. The molecule has 2 aliphatic heterocycles. The van der Waals surface area contributed by atoms with Crippen molar-refractivity contribution in [1.29, 1.82) is 0 Å². The van der Waals surface area contributed by atoms with E-state index in [4.69, 9.17) is 32.7 Å². The maximum Gasteiger partial charge on any atom is 0.223 e. The average Bonchev–Trinajstić information content (AvgIpc) is 3.35. The molecule has 4 aromatic carbocycles. The lowest BCUT2D eigenvalue weighted by atomic mass is 9.93. The van der Waals surface area contributed by atoms with Crippen molar-refractivity contribution >= 4 is 35.0 Å². The number of nitrogens with zero attached hydrogens (tertiary/aromatic N) is 4. The Morgan fingerprint density at radius 1 is 0.561 bits per heavy atom. The predicted octanol–water partition coefficient (Wildman–Crippen LogP) is 9.74. The highest BCUT2D eigenvalue weighted by atomic mass is 35.5. The van der Waals surface area contributed by atoms with Crippen molar-refractivity contribution in [3.63, 3.8) is 0 Å². The molecule has 0 spiro atoms. The van der Waals surface area contributed by atoms with Gasteiger partial charge < -0.3 is 20.1 Å². The van der Waals surface area contributed by atoms with Gasteiger partial charge in [0, 0.05) is 58.5 Å². The van der Waals surface area contributed by atoms with Crippen molar-refractivity contribution in [2.75, 3.05) is 52.5 Å². The SMILES string of the molecule is O=C(NC(c1ccc(Cl)cc1)c1ccncc1F)C1CCN(CCOc2ccccc2)CC1.O=C(NC(c1ccc(Cl)cc1)c1ccncc1F)C1CCN(CCOc2ccccc2)CC1. The van der Waals surface area contributed by atoms with Gasteiger partial charge in [-0.3, -0.25) is 29.4 Å². The number of hydrogen-bond donors (Lipinski definition) is 2. The predicted molar refractivity (Wildman–Crippen MR) is 253 cm³/mol. The molecule has 2 fully saturated rings. The molecule has 2 atom stereocenters. The normalized spacial score (nSPS) is 15.7. The van der Waals surface area contributed by atoms with Crippen LogP contribution in [0.15, 0.2) is 146 Å². The van der Waals surface area contributed by atoms with Crippen LogP contribution >= 0.6 is 23.2 Å². The number of ether oxygens (including phenoxy) is 2. The second-order valence-corrected chi connectivity index (χ2v) is 17.2. The third-order valence-electron chi connectivity index (χ3n) is 12.0. The number of halogens is 4. The van der Waals surface area contributed by atoms with Crippen LogP contribution < -0.4 is 20.1 Å². The molecule has 66 heavy (non-hydrogen) atoms. The zero-order chi connectivity index (χ0) is 46.1. The van der Waals surface area contributed by atoms with Crippen LogP contribution in [-0.4, -0.2) is 84.1 Å². The van der Waals surface area contributed by atoms with Crippen molar-refractivity contribution in [2.24, 2.45) is 11.8 Å². The number of carbonyl (C=O) groups excluding carboxylic acids is 2. The lowest BCUT2D eigenvalue weighted by molar-refractivity contribution is -0.127. The number of benzene rings is 4. The van der Waals surface area contributed by atoms with Gasteiger partial charge in [0.15, 0.2) is 0 Å². The molecule has 6 aromatic rings. The van der Waals surface area contributed by atoms with Gasteiger partial charge in [0.1, 0.15) is 36.3 Å². The van der Waals surface area contributed by atoms with E-state index in [1.165, 1.54) is 24.8 Å². The van der Waals surface area contributed by atoms with Crippen LogP contribution in [0.2, 0.25) is 10.0 Å². The topological polar surface area (TPSA) is 109 Å². The van der Waals surface area contributed by atoms with Crippen molar-refractivity contribution in [3.05, 3.63) is 190 Å². The van der Waals surface area contributed by atoms with E-state index >= 15 is 0 Å². The van der Waals surface area contributed by atoms with Gasteiger partial charge in [-0.15, -0.1) is 0 Å². The van der Waals surface area contributed by atoms with Crippen molar-refractivity contribution < 1.29 is 27.8 Å². The van der Waals surface area contributed by atoms with E-state index in [2.05, 4.69) is 30.4 Å². The van der Waals surface area contributed by atoms with Gasteiger partial charge in [0.2, 0.25) is 11.8 Å². The maximum absolute atomic E-state index is 14.5. The number of rotatable bonds is 16. The van der Waals surface area contributed by atoms with Crippen LogP contribution in [0.4, 0.5) is 8.78 Å². The molecular weight excluding hydrogens is 882 g/mol. The number of nitrogens with one attached hydrogen (secondary N) is 2. The van der Waals surface area contributed by atoms with Gasteiger partial charge in [0.05, 0.1) is 24.5 Å². The minimum Gasteiger partial charge on any atom is -0.492 e. The molecule has 344 valence electrons. The minimum atomic E-state index is -0.602. The van der Waals surface area contributed by atoms with E-state index in [1.807, 2.05) is 84.9 Å². The van der Waals surface area contributed by atoms with Crippen LogP contribution in [0.3, 0.4) is 0 Å². The number of amides is 2. The second kappa shape index (κ2) is 24.6. The van der Waals surface area contributed by atoms with Gasteiger partial charge in [-0.2, -0.15) is 0 Å². The van der Waals surface area contributed by atoms with Crippen molar-refractivity contribution in [3.8, 4) is 11.5 Å². The summed E-state index contributed by atoms with van der Waals surface area (Å²) in [6, 6.07) is 35.7. The monoisotopic (exact) mass is 934 g/mol. The molecule has 0 bridgehead atoms. The standard InChI is InChI=1S/2C26H27ClFN3O2/c2*27-21-8-6-19(7-9-21)25(23-10-13-29-18-24(23)28)30-26(32)20-11-14-31(15-12-20)16-17-33-22-4-2-1-3-5-22/h2*1-10,13,18,20,25H,11-12,14-17H2,(H,30,32). The Morgan fingerprint density at radius 3 is 1.27 bits per heavy atom. The molecule has 0 aliphatic carbocycles. The largest absolute Gasteiger partial charge is 0.492 e. The molecule has 2 N–H and O–H groups in total. The molecule has 14 heteroatoms. The summed E-state index contributed by atoms with van der Waals surface area (Å²) in [7, 11) is 0. The first-order chi connectivity index (χ1) is 32.2. The summed E-state index contributed by atoms with van der Waals surface area (Å²) in [5, 5.41) is 7.30. The molecule has 2 aliphatic rings. The van der Waals surface area contributed by atoms with Gasteiger partial charge in [-0.25, -0.2) is 8.78 Å². The third kappa shape index (κ3) is 14.0. The summed E-state index contributed by atoms with van der Waals surface area (Å²) in [5.41, 5.74) is 2.31. The molecule has 0 radical (unpaired) electrons. The Hall–Kier alpha value is -5.92. The zero-order valence-corrected chi connectivity index (χ0v) is 38.1. The maximum atomic E-state index is 14.5. The highest BCUT2D eigenvalue weighted by Gasteiger charge is 2.30. The Labute approximate surface area is 395 Å². The first-order valence-corrected chi connectivity index (χ1v) is 23.1. The molecular formula is C52H54Cl2F2N6O4. The van der Waals surface area contributed by atoms with Crippen LogP contribution in [0.5, 0.6) is 11.5 Å². The number of pyridine rings is 2. The van der Waals surface area contributed by atoms with Gasteiger partial charge in [0.25, 0.3) is 0 Å². The van der Waals surface area contributed by atoms with E-state index in [0.717, 1.165) is 87.6 Å². The smallest absolute Gasteiger partial charge is 0.223 e. The van der Waals surface area contributed by atoms with Crippen LogP contribution in [0.1, 0.15) is 60.0 Å². The Morgan fingerprint density at radius 2 is 0.924 bits per heavy atom. The first-order valence-electron chi connectivity index (χ1n) is 22.3. The fourth-order valence-electron chi connectivity index (χ4n) is 8.21. The zero-order valence-electron chi connectivity index (χ0n) is 36.6. The van der Waals surface area contributed by atoms with Gasteiger partial charge in [-0.1, -0.05) is 83.9 Å². The Bertz CT molecular complexity index is 2250. The lowest BCUT2D eigenvalue weighted by Crippen LogP contribution is -2.43. The summed E-state index contributed by atoms with van der Waals surface area (Å²) in [6.07, 6.45) is 8.41. The van der Waals surface area contributed by atoms with Crippen molar-refractivity contribution in [1.82, 2.24) is 30.4 Å². The number of carbonyl (C=O) groups is 2. The van der Waals surface area contributed by atoms with Crippen molar-refractivity contribution in [2.45, 2.75) is 37.8 Å². The van der Waals surface area contributed by atoms with Crippen LogP contribution in [0.25, 0.3) is 0 Å². The quantitative estimate of drug-likeness (QED) is 0.0989. The Kier molecular flexibility index (Phi) is 17.9. The Balaban J connectivity index is 0.000000196. The van der Waals surface area contributed by atoms with E-state index in [9.17, 15) is 18.4 Å². The first kappa shape index (κ1) is 48.0. The number of piperidine rings is 2. The number of aromatic nitrogens is 2. The summed E-state index contributed by atoms with van der Waals surface area (Å²) in [5.74, 6) is 0.466. The fourth-order valence-corrected chi connectivity index (χ4v) is 8.46. The highest BCUT2D eigenvalue weighted by molar-refractivity contribution is 6.30. The molecule has 2 amide bonds. The summed E-state index contributed by atoms with van der Waals surface area (Å²) in [6.45, 7) is 6.16. The molecule has 2 aromatic heterocycles. The molecule has 8 rings (SSSR count). The average molecular weight is 936 g/mol. The van der Waals surface area contributed by atoms with E-state index in [0.29, 0.717) is 34.4 Å². The van der Waals surface area contributed by atoms with Crippen LogP contribution in [-0.2, 0) is 9.59 Å². The van der Waals surface area contributed by atoms with E-state index < -0.39 is 23.7 Å². The highest BCUT2D eigenvalue weighted by Crippen LogP contribution is 2.29. The van der Waals surface area contributed by atoms with E-state index in [-0.39, 0.29) is 23.7 Å². The van der Waals surface area contributed by atoms with Crippen LogP contribution in [0, 0.1) is 23.5 Å². The summed E-state index contributed by atoms with van der Waals surface area (Å²) >= 11 is 12.0. The van der Waals surface area contributed by atoms with Gasteiger partial charge in [-0.05, 0) is 124 Å². The molecule has 4 heterocycles. The number of para-hydroxylation sites is 2. The molecule has 2 saturated heterocycles. The minimum absolute atomic E-state index is 0.0636. The number of hydrogen-bond acceptors (Lipinski definition) is 8.